The summed E-state index contributed by atoms with van der Waals surface area (Å²) in [6.45, 7) is 0.634. The predicted molar refractivity (Wildman–Crippen MR) is 92.6 cm³/mol. The monoisotopic (exact) mass is 339 g/mol. The second kappa shape index (κ2) is 6.01. The van der Waals surface area contributed by atoms with Crippen molar-refractivity contribution in [3.63, 3.8) is 0 Å². The zero-order chi connectivity index (χ0) is 16.5. The van der Waals surface area contributed by atoms with E-state index in [1.807, 2.05) is 40.9 Å². The van der Waals surface area contributed by atoms with Gasteiger partial charge < -0.3 is 4.90 Å². The summed E-state index contributed by atoms with van der Waals surface area (Å²) in [7, 11) is 1.95. The number of anilines is 1. The van der Waals surface area contributed by atoms with Gasteiger partial charge in [-0.2, -0.15) is 15.9 Å². The Morgan fingerprint density at radius 2 is 1.92 bits per heavy atom. The number of nitrogens with zero attached hydrogens (tertiary/aromatic N) is 5. The molecule has 0 atom stereocenters. The van der Waals surface area contributed by atoms with Gasteiger partial charge in [-0.15, -0.1) is 15.3 Å². The fourth-order valence-electron chi connectivity index (χ4n) is 2.50. The highest BCUT2D eigenvalue weighted by Gasteiger charge is 2.12. The maximum atomic E-state index is 13.0. The molecule has 0 N–H and O–H groups in total. The van der Waals surface area contributed by atoms with E-state index in [4.69, 9.17) is 0 Å². The van der Waals surface area contributed by atoms with Gasteiger partial charge in [-0.25, -0.2) is 4.39 Å². The van der Waals surface area contributed by atoms with Gasteiger partial charge in [0.2, 0.25) is 0 Å². The summed E-state index contributed by atoms with van der Waals surface area (Å²) in [5.41, 5.74) is 2.72. The van der Waals surface area contributed by atoms with Crippen molar-refractivity contribution in [1.82, 2.24) is 19.8 Å². The number of hydrogen-bond acceptors (Lipinski definition) is 5. The lowest BCUT2D eigenvalue weighted by Gasteiger charge is -2.18. The Hall–Kier alpha value is -2.80. The van der Waals surface area contributed by atoms with E-state index in [9.17, 15) is 4.39 Å². The average Bonchev–Trinajstić information content (AvgIpc) is 3.25. The summed E-state index contributed by atoms with van der Waals surface area (Å²) in [6.07, 6.45) is 0. The number of thiophene rings is 1. The van der Waals surface area contributed by atoms with E-state index in [0.717, 1.165) is 22.8 Å². The average molecular weight is 339 g/mol. The smallest absolute Gasteiger partial charge is 0.186 e. The maximum absolute atomic E-state index is 13.0. The van der Waals surface area contributed by atoms with Crippen molar-refractivity contribution in [3.05, 3.63) is 64.6 Å². The molecule has 0 saturated heterocycles. The minimum atomic E-state index is -0.231. The van der Waals surface area contributed by atoms with Gasteiger partial charge in [0.15, 0.2) is 11.5 Å². The van der Waals surface area contributed by atoms with Crippen molar-refractivity contribution in [1.29, 1.82) is 0 Å². The van der Waals surface area contributed by atoms with E-state index in [1.165, 1.54) is 12.1 Å². The lowest BCUT2D eigenvalue weighted by molar-refractivity contribution is 0.627. The Morgan fingerprint density at radius 1 is 1.08 bits per heavy atom. The van der Waals surface area contributed by atoms with Gasteiger partial charge in [-0.3, -0.25) is 0 Å². The summed E-state index contributed by atoms with van der Waals surface area (Å²) >= 11 is 1.61. The molecule has 7 heteroatoms. The molecule has 24 heavy (non-hydrogen) atoms. The van der Waals surface area contributed by atoms with E-state index in [1.54, 1.807) is 28.0 Å². The van der Waals surface area contributed by atoms with Crippen LogP contribution in [0, 0.1) is 5.82 Å². The number of rotatable bonds is 4. The number of fused-ring (bicyclic) bond motifs is 1. The summed E-state index contributed by atoms with van der Waals surface area (Å²) in [6, 6.07) is 12.3. The Kier molecular flexibility index (Phi) is 3.70. The van der Waals surface area contributed by atoms with Crippen molar-refractivity contribution in [2.75, 3.05) is 11.9 Å². The highest BCUT2D eigenvalue weighted by Crippen LogP contribution is 2.22. The molecule has 0 aliphatic heterocycles. The molecule has 120 valence electrons. The molecule has 0 fully saturated rings. The zero-order valence-corrected chi connectivity index (χ0v) is 13.7. The number of hydrogen-bond donors (Lipinski definition) is 0. The van der Waals surface area contributed by atoms with Crippen LogP contribution in [0.15, 0.2) is 53.2 Å². The Labute approximate surface area is 142 Å². The van der Waals surface area contributed by atoms with Crippen LogP contribution >= 0.6 is 11.3 Å². The molecular formula is C17H14FN5S. The molecule has 0 amide bonds. The van der Waals surface area contributed by atoms with E-state index >= 15 is 0 Å². The summed E-state index contributed by atoms with van der Waals surface area (Å²) in [5.74, 6) is 1.29. The third-order valence-corrected chi connectivity index (χ3v) is 4.44. The van der Waals surface area contributed by atoms with Gasteiger partial charge in [0.25, 0.3) is 0 Å². The Balaban J connectivity index is 1.66. The van der Waals surface area contributed by atoms with Crippen LogP contribution in [0.1, 0.15) is 5.56 Å². The van der Waals surface area contributed by atoms with Gasteiger partial charge in [-0.1, -0.05) is 12.1 Å². The predicted octanol–water partition coefficient (Wildman–Crippen LogP) is 3.63. The van der Waals surface area contributed by atoms with Gasteiger partial charge in [-0.05, 0) is 41.3 Å². The Bertz CT molecular complexity index is 962. The SMILES string of the molecule is CN(Cc1ccc(F)cc1)c1ccc2nnc(-c3ccsc3)n2n1. The van der Waals surface area contributed by atoms with E-state index < -0.39 is 0 Å². The standard InChI is InChI=1S/C17H14FN5S/c1-22(10-12-2-4-14(18)5-3-12)16-7-6-15-19-20-17(23(15)21-16)13-8-9-24-11-13/h2-9,11H,10H2,1H3. The third-order valence-electron chi connectivity index (χ3n) is 3.75. The van der Waals surface area contributed by atoms with Gasteiger partial charge >= 0.3 is 0 Å². The van der Waals surface area contributed by atoms with E-state index in [0.29, 0.717) is 12.2 Å². The van der Waals surface area contributed by atoms with Crippen LogP contribution in [0.2, 0.25) is 0 Å². The van der Waals surface area contributed by atoms with Crippen molar-refractivity contribution in [2.45, 2.75) is 6.54 Å². The largest absolute Gasteiger partial charge is 0.354 e. The highest BCUT2D eigenvalue weighted by atomic mass is 32.1. The summed E-state index contributed by atoms with van der Waals surface area (Å²) in [4.78, 5) is 2.00. The Morgan fingerprint density at radius 3 is 2.67 bits per heavy atom. The lowest BCUT2D eigenvalue weighted by Crippen LogP contribution is -2.18. The van der Waals surface area contributed by atoms with Crippen molar-refractivity contribution in [2.24, 2.45) is 0 Å². The molecule has 0 aliphatic carbocycles. The van der Waals surface area contributed by atoms with Crippen molar-refractivity contribution < 1.29 is 4.39 Å². The van der Waals surface area contributed by atoms with Crippen LogP contribution in [0.25, 0.3) is 17.0 Å². The topological polar surface area (TPSA) is 46.3 Å². The second-order valence-corrected chi connectivity index (χ2v) is 6.26. The first-order chi connectivity index (χ1) is 11.7. The first-order valence-corrected chi connectivity index (χ1v) is 8.35. The third kappa shape index (κ3) is 2.74. The minimum absolute atomic E-state index is 0.231. The van der Waals surface area contributed by atoms with Crippen LogP contribution in [0.3, 0.4) is 0 Å². The fourth-order valence-corrected chi connectivity index (χ4v) is 3.13. The zero-order valence-electron chi connectivity index (χ0n) is 12.9. The van der Waals surface area contributed by atoms with Gasteiger partial charge in [0.05, 0.1) is 0 Å². The molecular weight excluding hydrogens is 325 g/mol. The maximum Gasteiger partial charge on any atom is 0.186 e. The molecule has 0 radical (unpaired) electrons. The lowest BCUT2D eigenvalue weighted by atomic mass is 10.2. The quantitative estimate of drug-likeness (QED) is 0.570. The first kappa shape index (κ1) is 14.8. The van der Waals surface area contributed by atoms with E-state index in [-0.39, 0.29) is 5.82 Å². The molecule has 0 aliphatic rings. The van der Waals surface area contributed by atoms with E-state index in [2.05, 4.69) is 15.3 Å². The van der Waals surface area contributed by atoms with Gasteiger partial charge in [0, 0.05) is 24.5 Å². The van der Waals surface area contributed by atoms with Gasteiger partial charge in [0.1, 0.15) is 11.6 Å². The van der Waals surface area contributed by atoms with Crippen molar-refractivity contribution in [3.8, 4) is 11.4 Å². The molecule has 4 aromatic rings. The normalized spacial score (nSPS) is 11.1. The molecule has 0 saturated carbocycles. The molecule has 0 spiro atoms. The summed E-state index contributed by atoms with van der Waals surface area (Å²) in [5, 5.41) is 17.1. The number of benzene rings is 1. The van der Waals surface area contributed by atoms with Crippen LogP contribution in [-0.2, 0) is 6.54 Å². The highest BCUT2D eigenvalue weighted by molar-refractivity contribution is 7.08. The molecule has 3 heterocycles. The van der Waals surface area contributed by atoms with Crippen LogP contribution in [-0.4, -0.2) is 26.9 Å². The molecule has 5 nitrogen and oxygen atoms in total. The van der Waals surface area contributed by atoms with Crippen molar-refractivity contribution >= 4 is 22.8 Å². The van der Waals surface area contributed by atoms with Crippen LogP contribution < -0.4 is 4.90 Å². The molecule has 4 rings (SSSR count). The first-order valence-electron chi connectivity index (χ1n) is 7.41. The molecule has 3 aromatic heterocycles. The minimum Gasteiger partial charge on any atom is -0.354 e. The number of halogens is 1. The second-order valence-electron chi connectivity index (χ2n) is 5.48. The van der Waals surface area contributed by atoms with Crippen LogP contribution in [0.4, 0.5) is 10.2 Å². The molecule has 0 bridgehead atoms. The summed E-state index contributed by atoms with van der Waals surface area (Å²) < 4.78 is 14.8. The number of aromatic nitrogens is 4. The molecule has 0 unspecified atom stereocenters. The fraction of sp³-hybridized carbons (Fsp3) is 0.118. The molecule has 1 aromatic carbocycles. The van der Waals surface area contributed by atoms with Crippen LogP contribution in [0.5, 0.6) is 0 Å².